The van der Waals surface area contributed by atoms with Crippen LogP contribution < -0.4 is 15.2 Å². The van der Waals surface area contributed by atoms with Crippen LogP contribution in [0.3, 0.4) is 0 Å². The van der Waals surface area contributed by atoms with E-state index in [2.05, 4.69) is 30.3 Å². The van der Waals surface area contributed by atoms with Gasteiger partial charge in [-0.1, -0.05) is 30.3 Å². The summed E-state index contributed by atoms with van der Waals surface area (Å²) in [5.41, 5.74) is 8.20. The van der Waals surface area contributed by atoms with Gasteiger partial charge < -0.3 is 15.2 Å². The van der Waals surface area contributed by atoms with Gasteiger partial charge in [0, 0.05) is 6.04 Å². The Balaban J connectivity index is 1.69. The molecular formula is C21H23NO2. The summed E-state index contributed by atoms with van der Waals surface area (Å²) in [6.45, 7) is 5.19. The molecule has 3 nitrogen and oxygen atoms in total. The van der Waals surface area contributed by atoms with Gasteiger partial charge in [0.1, 0.15) is 18.1 Å². The summed E-state index contributed by atoms with van der Waals surface area (Å²) in [4.78, 5) is 0. The average Bonchev–Trinajstić information content (AvgIpc) is 2.60. The first-order chi connectivity index (χ1) is 11.7. The molecule has 1 atom stereocenters. The summed E-state index contributed by atoms with van der Waals surface area (Å²) in [6, 6.07) is 20.5. The van der Waals surface area contributed by atoms with Crippen molar-refractivity contribution in [1.29, 1.82) is 0 Å². The lowest BCUT2D eigenvalue weighted by Crippen LogP contribution is -2.04. The number of ether oxygens (including phenoxy) is 2. The second-order valence-corrected chi connectivity index (χ2v) is 5.92. The average molecular weight is 321 g/mol. The molecule has 0 fully saturated rings. The van der Waals surface area contributed by atoms with Crippen LogP contribution in [0.5, 0.6) is 11.5 Å². The van der Waals surface area contributed by atoms with E-state index in [9.17, 15) is 0 Å². The highest BCUT2D eigenvalue weighted by Gasteiger charge is 2.03. The van der Waals surface area contributed by atoms with Crippen LogP contribution in [0.1, 0.15) is 31.0 Å². The fourth-order valence-electron chi connectivity index (χ4n) is 2.63. The first kappa shape index (κ1) is 16.3. The summed E-state index contributed by atoms with van der Waals surface area (Å²) in [6.07, 6.45) is 0. The van der Waals surface area contributed by atoms with Gasteiger partial charge in [-0.2, -0.15) is 0 Å². The van der Waals surface area contributed by atoms with Crippen molar-refractivity contribution < 1.29 is 9.47 Å². The van der Waals surface area contributed by atoms with Crippen molar-refractivity contribution in [3.8, 4) is 11.5 Å². The van der Waals surface area contributed by atoms with E-state index in [-0.39, 0.29) is 6.04 Å². The summed E-state index contributed by atoms with van der Waals surface area (Å²) < 4.78 is 11.4. The van der Waals surface area contributed by atoms with Crippen LogP contribution in [-0.2, 0) is 6.61 Å². The second kappa shape index (κ2) is 7.37. The van der Waals surface area contributed by atoms with Crippen LogP contribution in [-0.4, -0.2) is 6.61 Å². The number of nitrogens with two attached hydrogens (primary N) is 1. The molecule has 0 aliphatic heterocycles. The van der Waals surface area contributed by atoms with Crippen molar-refractivity contribution in [1.82, 2.24) is 0 Å². The van der Waals surface area contributed by atoms with Gasteiger partial charge in [0.2, 0.25) is 0 Å². The Bertz CT molecular complexity index is 810. The molecule has 3 heteroatoms. The third-order valence-electron chi connectivity index (χ3n) is 4.00. The van der Waals surface area contributed by atoms with Gasteiger partial charge in [-0.05, 0) is 66.1 Å². The molecule has 0 spiro atoms. The Hall–Kier alpha value is -2.52. The minimum atomic E-state index is 0.0463. The van der Waals surface area contributed by atoms with Gasteiger partial charge in [-0.3, -0.25) is 0 Å². The van der Waals surface area contributed by atoms with Crippen molar-refractivity contribution in [2.75, 3.05) is 6.61 Å². The molecular weight excluding hydrogens is 298 g/mol. The number of benzene rings is 3. The predicted molar refractivity (Wildman–Crippen MR) is 98.5 cm³/mol. The van der Waals surface area contributed by atoms with Crippen LogP contribution in [0.15, 0.2) is 60.7 Å². The SMILES string of the molecule is CCOc1ccc(COc2ccc3cc(C(C)N)ccc3c2)cc1. The molecule has 3 aromatic rings. The fourth-order valence-corrected chi connectivity index (χ4v) is 2.63. The molecule has 3 rings (SSSR count). The first-order valence-corrected chi connectivity index (χ1v) is 8.29. The molecule has 24 heavy (non-hydrogen) atoms. The van der Waals surface area contributed by atoms with Crippen LogP contribution in [0.2, 0.25) is 0 Å². The Morgan fingerprint density at radius 3 is 2.21 bits per heavy atom. The molecule has 0 aromatic heterocycles. The van der Waals surface area contributed by atoms with Gasteiger partial charge in [-0.25, -0.2) is 0 Å². The van der Waals surface area contributed by atoms with Gasteiger partial charge in [0.15, 0.2) is 0 Å². The molecule has 3 aromatic carbocycles. The molecule has 0 aliphatic rings. The summed E-state index contributed by atoms with van der Waals surface area (Å²) >= 11 is 0. The fraction of sp³-hybridized carbons (Fsp3) is 0.238. The van der Waals surface area contributed by atoms with E-state index in [1.54, 1.807) is 0 Å². The number of hydrogen-bond donors (Lipinski definition) is 1. The number of rotatable bonds is 6. The van der Waals surface area contributed by atoms with Crippen LogP contribution in [0.25, 0.3) is 10.8 Å². The maximum Gasteiger partial charge on any atom is 0.120 e. The Morgan fingerprint density at radius 1 is 0.833 bits per heavy atom. The minimum absolute atomic E-state index is 0.0463. The van der Waals surface area contributed by atoms with Crippen molar-refractivity contribution in [2.45, 2.75) is 26.5 Å². The normalized spacial score (nSPS) is 12.1. The molecule has 0 radical (unpaired) electrons. The Labute approximate surface area is 143 Å². The van der Waals surface area contributed by atoms with Gasteiger partial charge in [0.25, 0.3) is 0 Å². The van der Waals surface area contributed by atoms with Crippen molar-refractivity contribution in [2.24, 2.45) is 5.73 Å². The van der Waals surface area contributed by atoms with Crippen LogP contribution >= 0.6 is 0 Å². The molecule has 0 amide bonds. The zero-order chi connectivity index (χ0) is 16.9. The number of hydrogen-bond acceptors (Lipinski definition) is 3. The lowest BCUT2D eigenvalue weighted by atomic mass is 10.0. The van der Waals surface area contributed by atoms with E-state index >= 15 is 0 Å². The molecule has 2 N–H and O–H groups in total. The van der Waals surface area contributed by atoms with E-state index < -0.39 is 0 Å². The third-order valence-corrected chi connectivity index (χ3v) is 4.00. The smallest absolute Gasteiger partial charge is 0.120 e. The third kappa shape index (κ3) is 3.87. The van der Waals surface area contributed by atoms with Crippen LogP contribution in [0, 0.1) is 0 Å². The summed E-state index contributed by atoms with van der Waals surface area (Å²) in [7, 11) is 0. The summed E-state index contributed by atoms with van der Waals surface area (Å²) in [5, 5.41) is 2.34. The zero-order valence-corrected chi connectivity index (χ0v) is 14.2. The quantitative estimate of drug-likeness (QED) is 0.706. The van der Waals surface area contributed by atoms with Crippen molar-refractivity contribution in [3.63, 3.8) is 0 Å². The lowest BCUT2D eigenvalue weighted by Gasteiger charge is -2.10. The molecule has 0 aliphatic carbocycles. The highest BCUT2D eigenvalue weighted by Crippen LogP contribution is 2.24. The maximum atomic E-state index is 5.94. The lowest BCUT2D eigenvalue weighted by molar-refractivity contribution is 0.306. The molecule has 0 bridgehead atoms. The second-order valence-electron chi connectivity index (χ2n) is 5.92. The Kier molecular flexibility index (Phi) is 5.02. The zero-order valence-electron chi connectivity index (χ0n) is 14.2. The molecule has 0 saturated carbocycles. The monoisotopic (exact) mass is 321 g/mol. The van der Waals surface area contributed by atoms with E-state index in [0.717, 1.165) is 28.0 Å². The van der Waals surface area contributed by atoms with Crippen LogP contribution in [0.4, 0.5) is 0 Å². The van der Waals surface area contributed by atoms with E-state index in [0.29, 0.717) is 13.2 Å². The highest BCUT2D eigenvalue weighted by atomic mass is 16.5. The largest absolute Gasteiger partial charge is 0.494 e. The van der Waals surface area contributed by atoms with Gasteiger partial charge in [-0.15, -0.1) is 0 Å². The molecule has 0 heterocycles. The Morgan fingerprint density at radius 2 is 1.50 bits per heavy atom. The summed E-state index contributed by atoms with van der Waals surface area (Å²) in [5.74, 6) is 1.75. The van der Waals surface area contributed by atoms with E-state index in [1.807, 2.05) is 44.2 Å². The van der Waals surface area contributed by atoms with E-state index in [1.165, 1.54) is 5.39 Å². The van der Waals surface area contributed by atoms with Gasteiger partial charge in [0.05, 0.1) is 6.61 Å². The molecule has 124 valence electrons. The standard InChI is InChI=1S/C21H23NO2/c1-3-23-20-9-4-16(5-10-20)14-24-21-11-8-18-12-17(15(2)22)6-7-19(18)13-21/h4-13,15H,3,14,22H2,1-2H3. The molecule has 1 unspecified atom stereocenters. The van der Waals surface area contributed by atoms with Crippen molar-refractivity contribution >= 4 is 10.8 Å². The first-order valence-electron chi connectivity index (χ1n) is 8.29. The predicted octanol–water partition coefficient (Wildman–Crippen LogP) is 4.84. The van der Waals surface area contributed by atoms with E-state index in [4.69, 9.17) is 15.2 Å². The molecule has 0 saturated heterocycles. The maximum absolute atomic E-state index is 5.94. The highest BCUT2D eigenvalue weighted by molar-refractivity contribution is 5.84. The minimum Gasteiger partial charge on any atom is -0.494 e. The number of fused-ring (bicyclic) bond motifs is 1. The van der Waals surface area contributed by atoms with Gasteiger partial charge >= 0.3 is 0 Å². The van der Waals surface area contributed by atoms with Crippen molar-refractivity contribution in [3.05, 3.63) is 71.8 Å². The topological polar surface area (TPSA) is 44.5 Å².